The van der Waals surface area contributed by atoms with Gasteiger partial charge in [0.1, 0.15) is 5.00 Å². The van der Waals surface area contributed by atoms with E-state index < -0.39 is 5.97 Å². The molecule has 27 heavy (non-hydrogen) atoms. The van der Waals surface area contributed by atoms with E-state index in [0.717, 1.165) is 36.1 Å². The first-order valence-electron chi connectivity index (χ1n) is 9.50. The molecule has 7 nitrogen and oxygen atoms in total. The van der Waals surface area contributed by atoms with Crippen molar-refractivity contribution in [1.82, 2.24) is 4.90 Å². The van der Waals surface area contributed by atoms with Gasteiger partial charge in [0.25, 0.3) is 0 Å². The monoisotopic (exact) mass is 394 g/mol. The fourth-order valence-electron chi connectivity index (χ4n) is 3.76. The molecule has 0 aromatic carbocycles. The second kappa shape index (κ2) is 8.73. The molecule has 2 heterocycles. The maximum absolute atomic E-state index is 12.7. The Morgan fingerprint density at radius 3 is 2.63 bits per heavy atom. The van der Waals surface area contributed by atoms with Gasteiger partial charge in [-0.05, 0) is 31.7 Å². The smallest absolute Gasteiger partial charge is 0.410 e. The Morgan fingerprint density at radius 1 is 1.22 bits per heavy atom. The standard InChI is InChI=1S/C19H26N2O5S/c1-3-26-19(24)21-10-9-13-14(11-21)27-17(15(13)18(23)25-2)20-16(22)12-7-5-4-6-8-12/h12H,3-11H2,1-2H3,(H,20,22). The Hall–Kier alpha value is -2.09. The second-order valence-corrected chi connectivity index (χ2v) is 8.00. The molecule has 1 aromatic rings. The molecular weight excluding hydrogens is 368 g/mol. The molecule has 148 valence electrons. The van der Waals surface area contributed by atoms with Crippen molar-refractivity contribution in [2.75, 3.05) is 25.6 Å². The van der Waals surface area contributed by atoms with E-state index in [2.05, 4.69) is 5.32 Å². The Morgan fingerprint density at radius 2 is 1.96 bits per heavy atom. The minimum Gasteiger partial charge on any atom is -0.465 e. The highest BCUT2D eigenvalue weighted by Gasteiger charge is 2.32. The summed E-state index contributed by atoms with van der Waals surface area (Å²) in [6.45, 7) is 2.94. The number of rotatable bonds is 4. The van der Waals surface area contributed by atoms with Crippen molar-refractivity contribution in [1.29, 1.82) is 0 Å². The van der Waals surface area contributed by atoms with E-state index in [0.29, 0.717) is 36.7 Å². The number of esters is 1. The van der Waals surface area contributed by atoms with Gasteiger partial charge in [-0.15, -0.1) is 11.3 Å². The van der Waals surface area contributed by atoms with E-state index >= 15 is 0 Å². The maximum atomic E-state index is 12.7. The Labute approximate surface area is 163 Å². The predicted molar refractivity (Wildman–Crippen MR) is 102 cm³/mol. The third-order valence-corrected chi connectivity index (χ3v) is 6.32. The van der Waals surface area contributed by atoms with E-state index in [1.807, 2.05) is 0 Å². The molecule has 1 fully saturated rings. The van der Waals surface area contributed by atoms with Crippen LogP contribution in [0.1, 0.15) is 59.8 Å². The number of carbonyl (C=O) groups is 3. The highest BCUT2D eigenvalue weighted by Crippen LogP contribution is 2.38. The molecule has 3 rings (SSSR count). The van der Waals surface area contributed by atoms with Crippen molar-refractivity contribution in [3.05, 3.63) is 16.0 Å². The van der Waals surface area contributed by atoms with Crippen molar-refractivity contribution in [3.63, 3.8) is 0 Å². The van der Waals surface area contributed by atoms with Gasteiger partial charge in [0.05, 0.1) is 25.8 Å². The molecule has 0 bridgehead atoms. The number of hydrogen-bond donors (Lipinski definition) is 1. The van der Waals surface area contributed by atoms with E-state index in [1.165, 1.54) is 24.9 Å². The SMILES string of the molecule is CCOC(=O)N1CCc2c(sc(NC(=O)C3CCCCC3)c2C(=O)OC)C1. The highest BCUT2D eigenvalue weighted by atomic mass is 32.1. The summed E-state index contributed by atoms with van der Waals surface area (Å²) in [6.07, 6.45) is 5.27. The summed E-state index contributed by atoms with van der Waals surface area (Å²) < 4.78 is 10.0. The van der Waals surface area contributed by atoms with Crippen LogP contribution in [-0.2, 0) is 27.2 Å². The van der Waals surface area contributed by atoms with Crippen LogP contribution in [0.4, 0.5) is 9.80 Å². The average Bonchev–Trinajstić information content (AvgIpc) is 3.05. The van der Waals surface area contributed by atoms with Gasteiger partial charge in [0, 0.05) is 17.3 Å². The first-order valence-corrected chi connectivity index (χ1v) is 10.3. The van der Waals surface area contributed by atoms with Gasteiger partial charge < -0.3 is 19.7 Å². The number of methoxy groups -OCH3 is 1. The number of hydrogen-bond acceptors (Lipinski definition) is 6. The lowest BCUT2D eigenvalue weighted by atomic mass is 9.88. The third kappa shape index (κ3) is 4.26. The van der Waals surface area contributed by atoms with Gasteiger partial charge in [0.15, 0.2) is 0 Å². The molecule has 1 saturated carbocycles. The number of fused-ring (bicyclic) bond motifs is 1. The quantitative estimate of drug-likeness (QED) is 0.789. The van der Waals surface area contributed by atoms with Crippen LogP contribution in [0.25, 0.3) is 0 Å². The van der Waals surface area contributed by atoms with Crippen LogP contribution in [0.2, 0.25) is 0 Å². The zero-order valence-corrected chi connectivity index (χ0v) is 16.7. The summed E-state index contributed by atoms with van der Waals surface area (Å²) in [5.41, 5.74) is 1.30. The van der Waals surface area contributed by atoms with Crippen molar-refractivity contribution < 1.29 is 23.9 Å². The lowest BCUT2D eigenvalue weighted by Gasteiger charge is -2.26. The van der Waals surface area contributed by atoms with Crippen LogP contribution in [0.15, 0.2) is 0 Å². The molecule has 2 amide bonds. The molecule has 1 N–H and O–H groups in total. The van der Waals surface area contributed by atoms with Crippen molar-refractivity contribution in [2.45, 2.75) is 52.0 Å². The van der Waals surface area contributed by atoms with Gasteiger partial charge >= 0.3 is 12.1 Å². The summed E-state index contributed by atoms with van der Waals surface area (Å²) in [7, 11) is 1.34. The number of ether oxygens (including phenoxy) is 2. The van der Waals surface area contributed by atoms with Crippen LogP contribution in [0, 0.1) is 5.92 Å². The fraction of sp³-hybridized carbons (Fsp3) is 0.632. The van der Waals surface area contributed by atoms with Crippen LogP contribution < -0.4 is 5.32 Å². The third-order valence-electron chi connectivity index (χ3n) is 5.19. The summed E-state index contributed by atoms with van der Waals surface area (Å²) >= 11 is 1.36. The van der Waals surface area contributed by atoms with Crippen molar-refractivity contribution in [2.24, 2.45) is 5.92 Å². The molecular formula is C19H26N2O5S. The molecule has 0 spiro atoms. The van der Waals surface area contributed by atoms with E-state index in [4.69, 9.17) is 9.47 Å². The summed E-state index contributed by atoms with van der Waals surface area (Å²) in [5.74, 6) is -0.476. The molecule has 0 saturated heterocycles. The molecule has 0 unspecified atom stereocenters. The maximum Gasteiger partial charge on any atom is 0.410 e. The summed E-state index contributed by atoms with van der Waals surface area (Å²) in [6, 6.07) is 0. The summed E-state index contributed by atoms with van der Waals surface area (Å²) in [4.78, 5) is 39.6. The first-order chi connectivity index (χ1) is 13.0. The molecule has 0 radical (unpaired) electrons. The van der Waals surface area contributed by atoms with Gasteiger partial charge in [-0.3, -0.25) is 4.79 Å². The van der Waals surface area contributed by atoms with Crippen LogP contribution in [0.3, 0.4) is 0 Å². The molecule has 1 aromatic heterocycles. The van der Waals surface area contributed by atoms with Crippen LogP contribution >= 0.6 is 11.3 Å². The van der Waals surface area contributed by atoms with Crippen molar-refractivity contribution in [3.8, 4) is 0 Å². The molecule has 1 aliphatic carbocycles. The van der Waals surface area contributed by atoms with Gasteiger partial charge in [-0.2, -0.15) is 0 Å². The number of carbonyl (C=O) groups excluding carboxylic acids is 3. The molecule has 8 heteroatoms. The lowest BCUT2D eigenvalue weighted by Crippen LogP contribution is -2.36. The Kier molecular flexibility index (Phi) is 6.36. The first kappa shape index (κ1) is 19.7. The molecule has 1 aliphatic heterocycles. The van der Waals surface area contributed by atoms with E-state index in [1.54, 1.807) is 11.8 Å². The predicted octanol–water partition coefficient (Wildman–Crippen LogP) is 3.57. The Bertz CT molecular complexity index is 724. The largest absolute Gasteiger partial charge is 0.465 e. The number of amides is 2. The highest BCUT2D eigenvalue weighted by molar-refractivity contribution is 7.17. The molecule has 0 atom stereocenters. The van der Waals surface area contributed by atoms with E-state index in [9.17, 15) is 14.4 Å². The lowest BCUT2D eigenvalue weighted by molar-refractivity contribution is -0.120. The number of nitrogens with one attached hydrogen (secondary N) is 1. The van der Waals surface area contributed by atoms with Crippen LogP contribution in [-0.4, -0.2) is 43.1 Å². The number of thiophene rings is 1. The molecule has 2 aliphatic rings. The zero-order valence-electron chi connectivity index (χ0n) is 15.8. The topological polar surface area (TPSA) is 84.9 Å². The van der Waals surface area contributed by atoms with Gasteiger partial charge in [-0.1, -0.05) is 19.3 Å². The van der Waals surface area contributed by atoms with Gasteiger partial charge in [-0.25, -0.2) is 9.59 Å². The van der Waals surface area contributed by atoms with E-state index in [-0.39, 0.29) is 17.9 Å². The number of anilines is 1. The minimum absolute atomic E-state index is 0.000551. The average molecular weight is 394 g/mol. The second-order valence-electron chi connectivity index (χ2n) is 6.89. The Balaban J connectivity index is 1.82. The minimum atomic E-state index is -0.448. The normalized spacial score (nSPS) is 17.2. The summed E-state index contributed by atoms with van der Waals surface area (Å²) in [5, 5.41) is 3.50. The van der Waals surface area contributed by atoms with Gasteiger partial charge in [0.2, 0.25) is 5.91 Å². The van der Waals surface area contributed by atoms with Crippen molar-refractivity contribution >= 4 is 34.3 Å². The zero-order chi connectivity index (χ0) is 19.4. The number of nitrogens with zero attached hydrogens (tertiary/aromatic N) is 1. The van der Waals surface area contributed by atoms with Crippen LogP contribution in [0.5, 0.6) is 0 Å². The fourth-order valence-corrected chi connectivity index (χ4v) is 5.01.